The normalized spacial score (nSPS) is 15.0. The predicted molar refractivity (Wildman–Crippen MR) is 140 cm³/mol. The number of carbonyl (C=O) groups is 1. The maximum Gasteiger partial charge on any atom is 0.407 e. The highest BCUT2D eigenvalue weighted by molar-refractivity contribution is 7.18. The van der Waals surface area contributed by atoms with Crippen LogP contribution in [-0.4, -0.2) is 34.8 Å². The van der Waals surface area contributed by atoms with E-state index in [1.807, 2.05) is 46.0 Å². The summed E-state index contributed by atoms with van der Waals surface area (Å²) in [5.74, 6) is 0.844. The van der Waals surface area contributed by atoms with E-state index in [1.165, 1.54) is 80.7 Å². The van der Waals surface area contributed by atoms with Crippen molar-refractivity contribution in [1.82, 2.24) is 15.3 Å². The van der Waals surface area contributed by atoms with Crippen molar-refractivity contribution in [3.63, 3.8) is 0 Å². The molecule has 6 nitrogen and oxygen atoms in total. The third-order valence-electron chi connectivity index (χ3n) is 4.90. The highest BCUT2D eigenvalue weighted by Crippen LogP contribution is 2.40. The standard InChI is InChI=1S/C15H18N2OS.C6H13NO2.C3H8.C2H6/c1-2-5-10(6-3-1)18-14-13-11-7-4-8-12(11)19-15(13)17-9-16-14;1-6(2,3)9-5(8)7-4;1-3-2;1-2/h9-10H,1-8H2;1-4H3,(H,7,8);3H2,1-2H3;1-2H3. The number of aromatic nitrogens is 2. The van der Waals surface area contributed by atoms with E-state index < -0.39 is 0 Å². The van der Waals surface area contributed by atoms with E-state index in [4.69, 9.17) is 9.47 Å². The lowest BCUT2D eigenvalue weighted by molar-refractivity contribution is 0.0541. The summed E-state index contributed by atoms with van der Waals surface area (Å²) < 4.78 is 11.0. The number of fused-ring (bicyclic) bond motifs is 3. The summed E-state index contributed by atoms with van der Waals surface area (Å²) in [5, 5.41) is 3.57. The fraction of sp³-hybridized carbons (Fsp3) is 0.731. The van der Waals surface area contributed by atoms with E-state index in [9.17, 15) is 4.79 Å². The first-order chi connectivity index (χ1) is 15.8. The molecule has 1 saturated carbocycles. The first-order valence-corrected chi connectivity index (χ1v) is 13.4. The highest BCUT2D eigenvalue weighted by Gasteiger charge is 2.24. The van der Waals surface area contributed by atoms with Crippen molar-refractivity contribution < 1.29 is 14.3 Å². The van der Waals surface area contributed by atoms with Gasteiger partial charge in [0.2, 0.25) is 5.88 Å². The van der Waals surface area contributed by atoms with Crippen LogP contribution in [0.1, 0.15) is 104 Å². The van der Waals surface area contributed by atoms with Crippen LogP contribution in [0.4, 0.5) is 4.79 Å². The number of aryl methyl sites for hydroxylation is 2. The quantitative estimate of drug-likeness (QED) is 0.483. The number of ether oxygens (including phenoxy) is 2. The zero-order chi connectivity index (χ0) is 24.9. The van der Waals surface area contributed by atoms with Gasteiger partial charge in [0.25, 0.3) is 0 Å². The van der Waals surface area contributed by atoms with Crippen molar-refractivity contribution in [1.29, 1.82) is 0 Å². The molecule has 0 aliphatic heterocycles. The second kappa shape index (κ2) is 15.1. The van der Waals surface area contributed by atoms with Crippen molar-refractivity contribution in [3.05, 3.63) is 16.8 Å². The monoisotopic (exact) mass is 479 g/mol. The first kappa shape index (κ1) is 29.1. The Morgan fingerprint density at radius 3 is 2.27 bits per heavy atom. The molecule has 188 valence electrons. The molecule has 4 rings (SSSR count). The summed E-state index contributed by atoms with van der Waals surface area (Å²) in [7, 11) is 1.54. The Morgan fingerprint density at radius 2 is 1.73 bits per heavy atom. The van der Waals surface area contributed by atoms with Gasteiger partial charge in [-0.2, -0.15) is 0 Å². The average Bonchev–Trinajstić information content (AvgIpc) is 3.37. The molecule has 0 aromatic carbocycles. The molecule has 2 aliphatic rings. The van der Waals surface area contributed by atoms with Gasteiger partial charge in [0.05, 0.1) is 5.39 Å². The number of amides is 1. The first-order valence-electron chi connectivity index (χ1n) is 12.6. The van der Waals surface area contributed by atoms with Gasteiger partial charge in [-0.1, -0.05) is 40.5 Å². The lowest BCUT2D eigenvalue weighted by Gasteiger charge is -2.22. The van der Waals surface area contributed by atoms with Gasteiger partial charge < -0.3 is 14.8 Å². The molecule has 0 unspecified atom stereocenters. The van der Waals surface area contributed by atoms with Crippen molar-refractivity contribution >= 4 is 27.6 Å². The molecule has 1 N–H and O–H groups in total. The number of thiophene rings is 1. The maximum atomic E-state index is 10.5. The molecule has 2 heterocycles. The number of carbonyl (C=O) groups excluding carboxylic acids is 1. The van der Waals surface area contributed by atoms with Gasteiger partial charge in [-0.3, -0.25) is 0 Å². The molecule has 33 heavy (non-hydrogen) atoms. The molecule has 2 aliphatic carbocycles. The topological polar surface area (TPSA) is 73.3 Å². The zero-order valence-electron chi connectivity index (χ0n) is 22.0. The zero-order valence-corrected chi connectivity index (χ0v) is 22.9. The smallest absolute Gasteiger partial charge is 0.407 e. The van der Waals surface area contributed by atoms with Gasteiger partial charge in [-0.15, -0.1) is 11.3 Å². The fourth-order valence-electron chi connectivity index (χ4n) is 3.66. The molecule has 0 bridgehead atoms. The van der Waals surface area contributed by atoms with Crippen LogP contribution >= 0.6 is 11.3 Å². The molecule has 1 amide bonds. The number of rotatable bonds is 2. The van der Waals surface area contributed by atoms with Crippen LogP contribution < -0.4 is 10.1 Å². The Balaban J connectivity index is 0.000000331. The van der Waals surface area contributed by atoms with E-state index in [0.717, 1.165) is 10.7 Å². The summed E-state index contributed by atoms with van der Waals surface area (Å²) in [6.45, 7) is 13.7. The van der Waals surface area contributed by atoms with Crippen molar-refractivity contribution in [2.24, 2.45) is 0 Å². The van der Waals surface area contributed by atoms with Crippen LogP contribution in [0.25, 0.3) is 10.2 Å². The van der Waals surface area contributed by atoms with Crippen molar-refractivity contribution in [3.8, 4) is 5.88 Å². The summed E-state index contributed by atoms with van der Waals surface area (Å²) >= 11 is 1.83. The van der Waals surface area contributed by atoms with Gasteiger partial charge in [0, 0.05) is 11.9 Å². The molecule has 7 heteroatoms. The Hall–Kier alpha value is -1.89. The number of hydrogen-bond donors (Lipinski definition) is 1. The Kier molecular flexibility index (Phi) is 13.3. The molecule has 0 spiro atoms. The molecular formula is C26H45N3O3S. The largest absolute Gasteiger partial charge is 0.474 e. The van der Waals surface area contributed by atoms with Gasteiger partial charge in [0.1, 0.15) is 22.9 Å². The Morgan fingerprint density at radius 1 is 1.09 bits per heavy atom. The molecule has 0 radical (unpaired) electrons. The summed E-state index contributed by atoms with van der Waals surface area (Å²) in [6.07, 6.45) is 12.8. The molecule has 0 atom stereocenters. The minimum atomic E-state index is -0.389. The average molecular weight is 480 g/mol. The SMILES string of the molecule is CC.CCC.CNC(=O)OC(C)(C)C.c1nc(OC2CCCCC2)c2c3c(sc2n1)CCC3. The Bertz CT molecular complexity index is 824. The molecule has 2 aromatic rings. The van der Waals surface area contributed by atoms with Crippen LogP contribution in [-0.2, 0) is 17.6 Å². The van der Waals surface area contributed by atoms with Gasteiger partial charge in [-0.05, 0) is 71.3 Å². The minimum Gasteiger partial charge on any atom is -0.474 e. The second-order valence-electron chi connectivity index (χ2n) is 9.05. The van der Waals surface area contributed by atoms with E-state index >= 15 is 0 Å². The number of nitrogens with zero attached hydrogens (tertiary/aromatic N) is 2. The lowest BCUT2D eigenvalue weighted by atomic mass is 9.98. The lowest BCUT2D eigenvalue weighted by Crippen LogP contribution is -2.30. The summed E-state index contributed by atoms with van der Waals surface area (Å²) in [5.41, 5.74) is 1.08. The van der Waals surface area contributed by atoms with E-state index in [1.54, 1.807) is 6.33 Å². The maximum absolute atomic E-state index is 10.5. The molecule has 0 saturated heterocycles. The van der Waals surface area contributed by atoms with Crippen LogP contribution in [0, 0.1) is 0 Å². The van der Waals surface area contributed by atoms with Gasteiger partial charge in [-0.25, -0.2) is 14.8 Å². The van der Waals surface area contributed by atoms with Crippen LogP contribution in [0.15, 0.2) is 6.33 Å². The number of nitrogens with one attached hydrogen (secondary N) is 1. The molecule has 2 aromatic heterocycles. The van der Waals surface area contributed by atoms with E-state index in [0.29, 0.717) is 6.10 Å². The number of alkyl carbamates (subject to hydrolysis) is 1. The number of hydrogen-bond acceptors (Lipinski definition) is 6. The Labute approximate surface area is 204 Å². The van der Waals surface area contributed by atoms with Crippen LogP contribution in [0.2, 0.25) is 0 Å². The predicted octanol–water partition coefficient (Wildman–Crippen LogP) is 7.47. The summed E-state index contributed by atoms with van der Waals surface area (Å²) in [6, 6.07) is 0. The van der Waals surface area contributed by atoms with Crippen LogP contribution in [0.5, 0.6) is 5.88 Å². The second-order valence-corrected chi connectivity index (χ2v) is 10.1. The molecular weight excluding hydrogens is 434 g/mol. The third kappa shape index (κ3) is 9.86. The van der Waals surface area contributed by atoms with E-state index in [-0.39, 0.29) is 11.7 Å². The van der Waals surface area contributed by atoms with Crippen molar-refractivity contribution in [2.75, 3.05) is 7.05 Å². The fourth-order valence-corrected chi connectivity index (χ4v) is 4.88. The van der Waals surface area contributed by atoms with Crippen molar-refractivity contribution in [2.45, 2.75) is 118 Å². The van der Waals surface area contributed by atoms with E-state index in [2.05, 4.69) is 29.1 Å². The highest BCUT2D eigenvalue weighted by atomic mass is 32.1. The summed E-state index contributed by atoms with van der Waals surface area (Å²) in [4.78, 5) is 22.0. The van der Waals surface area contributed by atoms with Gasteiger partial charge >= 0.3 is 6.09 Å². The minimum absolute atomic E-state index is 0.365. The molecule has 1 fully saturated rings. The van der Waals surface area contributed by atoms with Gasteiger partial charge in [0.15, 0.2) is 0 Å². The third-order valence-corrected chi connectivity index (χ3v) is 6.10. The van der Waals surface area contributed by atoms with Crippen LogP contribution in [0.3, 0.4) is 0 Å².